The van der Waals surface area contributed by atoms with Gasteiger partial charge in [0.2, 0.25) is 5.78 Å². The third kappa shape index (κ3) is 2.72. The van der Waals surface area contributed by atoms with E-state index < -0.39 is 0 Å². The van der Waals surface area contributed by atoms with E-state index in [1.807, 2.05) is 18.2 Å². The molecule has 102 valence electrons. The molecule has 2 rings (SSSR count). The van der Waals surface area contributed by atoms with E-state index in [1.54, 1.807) is 25.1 Å². The summed E-state index contributed by atoms with van der Waals surface area (Å²) in [4.78, 5) is 17.1. The Labute approximate surface area is 118 Å². The molecule has 20 heavy (non-hydrogen) atoms. The Morgan fingerprint density at radius 1 is 1.40 bits per heavy atom. The number of hydrogen-bond acceptors (Lipinski definition) is 3. The Balaban J connectivity index is 2.43. The number of nitrogens with one attached hydrogen (secondary N) is 1. The number of rotatable bonds is 4. The molecular weight excluding hydrogens is 250 g/mol. The maximum absolute atomic E-state index is 12.3. The fraction of sp³-hybridized carbons (Fsp3) is 0.250. The van der Waals surface area contributed by atoms with Crippen LogP contribution in [-0.2, 0) is 6.42 Å². The molecule has 0 saturated carbocycles. The van der Waals surface area contributed by atoms with Crippen molar-refractivity contribution < 1.29 is 4.79 Å². The number of Topliss-reactive ketones (excluding diaryl/α,β-unsaturated/α-hetero) is 1. The van der Waals surface area contributed by atoms with E-state index in [2.05, 4.69) is 18.0 Å². The lowest BCUT2D eigenvalue weighted by atomic mass is 10.1. The molecule has 1 aromatic carbocycles. The second-order valence-corrected chi connectivity index (χ2v) is 4.91. The molecule has 1 heterocycles. The van der Waals surface area contributed by atoms with Crippen LogP contribution in [0.4, 0.5) is 0 Å². The lowest BCUT2D eigenvalue weighted by Gasteiger charge is -2.04. The Hall–Kier alpha value is -2.54. The highest BCUT2D eigenvalue weighted by Gasteiger charge is 2.15. The number of aromatic nitrogens is 1. The summed E-state index contributed by atoms with van der Waals surface area (Å²) >= 11 is 0. The quantitative estimate of drug-likeness (QED) is 0.526. The molecule has 0 aliphatic rings. The van der Waals surface area contributed by atoms with E-state index in [0.717, 1.165) is 17.3 Å². The zero-order chi connectivity index (χ0) is 14.7. The molecule has 0 aliphatic carbocycles. The van der Waals surface area contributed by atoms with E-state index >= 15 is 0 Å². The van der Waals surface area contributed by atoms with Crippen LogP contribution in [0.1, 0.15) is 23.0 Å². The van der Waals surface area contributed by atoms with Gasteiger partial charge in [-0.05, 0) is 30.2 Å². The second-order valence-electron chi connectivity index (χ2n) is 4.91. The monoisotopic (exact) mass is 267 g/mol. The highest BCUT2D eigenvalue weighted by molar-refractivity contribution is 6.12. The summed E-state index contributed by atoms with van der Waals surface area (Å²) in [6.45, 7) is 2.09. The van der Waals surface area contributed by atoms with E-state index in [9.17, 15) is 4.79 Å². The van der Waals surface area contributed by atoms with E-state index in [4.69, 9.17) is 5.26 Å². The van der Waals surface area contributed by atoms with Gasteiger partial charge in [-0.1, -0.05) is 13.0 Å². The number of nitrogens with zero attached hydrogens (tertiary/aromatic N) is 2. The van der Waals surface area contributed by atoms with E-state index in [0.29, 0.717) is 5.69 Å². The SMILES string of the molecule is CCc1ccc2[nH]c(C(=O)/C(C#N)=C\N(C)C)cc2c1. The number of fused-ring (bicyclic) bond motifs is 1. The number of ketones is 1. The first-order valence-corrected chi connectivity index (χ1v) is 6.50. The number of hydrogen-bond donors (Lipinski definition) is 1. The van der Waals surface area contributed by atoms with Gasteiger partial charge in [-0.25, -0.2) is 0 Å². The van der Waals surface area contributed by atoms with Gasteiger partial charge in [0.05, 0.1) is 5.69 Å². The molecule has 4 heteroatoms. The van der Waals surface area contributed by atoms with Crippen molar-refractivity contribution in [3.8, 4) is 6.07 Å². The van der Waals surface area contributed by atoms with Crippen molar-refractivity contribution in [2.75, 3.05) is 14.1 Å². The van der Waals surface area contributed by atoms with E-state index in [1.165, 1.54) is 11.8 Å². The zero-order valence-corrected chi connectivity index (χ0v) is 11.9. The first-order chi connectivity index (χ1) is 9.55. The molecule has 1 N–H and O–H groups in total. The summed E-state index contributed by atoms with van der Waals surface area (Å²) in [5.41, 5.74) is 2.70. The Kier molecular flexibility index (Phi) is 3.90. The van der Waals surface area contributed by atoms with Gasteiger partial charge in [0.1, 0.15) is 11.6 Å². The van der Waals surface area contributed by atoms with Gasteiger partial charge in [0.25, 0.3) is 0 Å². The first-order valence-electron chi connectivity index (χ1n) is 6.50. The van der Waals surface area contributed by atoms with Gasteiger partial charge in [0.15, 0.2) is 0 Å². The maximum atomic E-state index is 12.3. The summed E-state index contributed by atoms with van der Waals surface area (Å²) < 4.78 is 0. The molecule has 0 radical (unpaired) electrons. The van der Waals surface area contributed by atoms with Crippen LogP contribution in [0.15, 0.2) is 36.0 Å². The molecule has 0 bridgehead atoms. The van der Waals surface area contributed by atoms with Crippen LogP contribution in [0.25, 0.3) is 10.9 Å². The van der Waals surface area contributed by atoms with Gasteiger partial charge in [-0.15, -0.1) is 0 Å². The normalized spacial score (nSPS) is 11.4. The summed E-state index contributed by atoms with van der Waals surface area (Å²) in [7, 11) is 3.56. The molecule has 0 aliphatic heterocycles. The van der Waals surface area contributed by atoms with Gasteiger partial charge in [-0.3, -0.25) is 4.79 Å². The number of benzene rings is 1. The van der Waals surface area contributed by atoms with Crippen LogP contribution in [0.5, 0.6) is 0 Å². The number of allylic oxidation sites excluding steroid dienone is 1. The molecule has 0 amide bonds. The summed E-state index contributed by atoms with van der Waals surface area (Å²) in [6.07, 6.45) is 2.49. The molecule has 0 unspecified atom stereocenters. The van der Waals surface area contributed by atoms with Gasteiger partial charge < -0.3 is 9.88 Å². The molecular formula is C16H17N3O. The largest absolute Gasteiger partial charge is 0.382 e. The predicted octanol–water partition coefficient (Wildman–Crippen LogP) is 2.88. The highest BCUT2D eigenvalue weighted by atomic mass is 16.1. The zero-order valence-electron chi connectivity index (χ0n) is 11.9. The lowest BCUT2D eigenvalue weighted by molar-refractivity contribution is 0.103. The van der Waals surface area contributed by atoms with Crippen LogP contribution in [0.3, 0.4) is 0 Å². The number of nitriles is 1. The number of aryl methyl sites for hydroxylation is 1. The van der Waals surface area contributed by atoms with Crippen molar-refractivity contribution in [1.29, 1.82) is 5.26 Å². The predicted molar refractivity (Wildman–Crippen MR) is 79.4 cm³/mol. The topological polar surface area (TPSA) is 59.9 Å². The number of H-pyrrole nitrogens is 1. The molecule has 4 nitrogen and oxygen atoms in total. The molecule has 2 aromatic rings. The molecule has 0 saturated heterocycles. The van der Waals surface area contributed by atoms with Crippen LogP contribution in [0, 0.1) is 11.3 Å². The third-order valence-corrected chi connectivity index (χ3v) is 3.09. The Morgan fingerprint density at radius 2 is 2.15 bits per heavy atom. The minimum atomic E-state index is -0.282. The second kappa shape index (κ2) is 5.62. The Bertz CT molecular complexity index is 717. The van der Waals surface area contributed by atoms with Crippen molar-refractivity contribution in [1.82, 2.24) is 9.88 Å². The van der Waals surface area contributed by atoms with Crippen molar-refractivity contribution in [2.45, 2.75) is 13.3 Å². The van der Waals surface area contributed by atoms with Crippen molar-refractivity contribution >= 4 is 16.7 Å². The Morgan fingerprint density at radius 3 is 2.75 bits per heavy atom. The average Bonchev–Trinajstić information content (AvgIpc) is 2.86. The summed E-state index contributed by atoms with van der Waals surface area (Å²) in [5, 5.41) is 10.1. The average molecular weight is 267 g/mol. The fourth-order valence-electron chi connectivity index (χ4n) is 2.07. The van der Waals surface area contributed by atoms with Crippen molar-refractivity contribution in [2.24, 2.45) is 0 Å². The minimum absolute atomic E-state index is 0.122. The van der Waals surface area contributed by atoms with Crippen LogP contribution >= 0.6 is 0 Å². The van der Waals surface area contributed by atoms with E-state index in [-0.39, 0.29) is 11.4 Å². The highest BCUT2D eigenvalue weighted by Crippen LogP contribution is 2.19. The molecule has 0 atom stereocenters. The molecule has 0 fully saturated rings. The molecule has 1 aromatic heterocycles. The number of aromatic amines is 1. The smallest absolute Gasteiger partial charge is 0.221 e. The summed E-state index contributed by atoms with van der Waals surface area (Å²) in [5.74, 6) is -0.282. The van der Waals surface area contributed by atoms with Crippen molar-refractivity contribution in [3.63, 3.8) is 0 Å². The van der Waals surface area contributed by atoms with Gasteiger partial charge >= 0.3 is 0 Å². The van der Waals surface area contributed by atoms with Crippen LogP contribution < -0.4 is 0 Å². The number of carbonyl (C=O) groups is 1. The maximum Gasteiger partial charge on any atom is 0.221 e. The van der Waals surface area contributed by atoms with Crippen LogP contribution in [-0.4, -0.2) is 29.8 Å². The minimum Gasteiger partial charge on any atom is -0.382 e. The standard InChI is InChI=1S/C16H17N3O/c1-4-11-5-6-14-12(7-11)8-15(18-14)16(20)13(9-17)10-19(2)3/h5-8,10,18H,4H2,1-3H3/b13-10-. The van der Waals surface area contributed by atoms with Gasteiger partial charge in [-0.2, -0.15) is 5.26 Å². The first kappa shape index (κ1) is 13.9. The van der Waals surface area contributed by atoms with Crippen LogP contribution in [0.2, 0.25) is 0 Å². The summed E-state index contributed by atoms with van der Waals surface area (Å²) in [6, 6.07) is 9.81. The fourth-order valence-corrected chi connectivity index (χ4v) is 2.07. The molecule has 0 spiro atoms. The van der Waals surface area contributed by atoms with Gasteiger partial charge in [0, 0.05) is 31.2 Å². The van der Waals surface area contributed by atoms with Crippen molar-refractivity contribution in [3.05, 3.63) is 47.3 Å². The third-order valence-electron chi connectivity index (χ3n) is 3.09. The lowest BCUT2D eigenvalue weighted by Crippen LogP contribution is -2.09. The number of carbonyl (C=O) groups excluding carboxylic acids is 1.